The maximum atomic E-state index is 13.3. The lowest BCUT2D eigenvalue weighted by Crippen LogP contribution is -2.45. The Morgan fingerprint density at radius 3 is 2.59 bits per heavy atom. The van der Waals surface area contributed by atoms with E-state index < -0.39 is 29.7 Å². The number of hydrogen-bond donors (Lipinski definition) is 2. The molecule has 2 aromatic heterocycles. The van der Waals surface area contributed by atoms with E-state index in [9.17, 15) is 28.3 Å². The Morgan fingerprint density at radius 2 is 1.90 bits per heavy atom. The van der Waals surface area contributed by atoms with Crippen LogP contribution in [-0.2, 0) is 6.18 Å². The van der Waals surface area contributed by atoms with Crippen LogP contribution in [0.25, 0.3) is 0 Å². The third-order valence-corrected chi connectivity index (χ3v) is 7.22. The second-order valence-electron chi connectivity index (χ2n) is 9.48. The van der Waals surface area contributed by atoms with Crippen LogP contribution in [0.4, 0.5) is 30.4 Å². The summed E-state index contributed by atoms with van der Waals surface area (Å²) in [5.41, 5.74) is -0.121. The highest BCUT2D eigenvalue weighted by Crippen LogP contribution is 2.44. The van der Waals surface area contributed by atoms with Crippen LogP contribution < -0.4 is 15.1 Å². The summed E-state index contributed by atoms with van der Waals surface area (Å²) in [6, 6.07) is 11.7. The van der Waals surface area contributed by atoms with Gasteiger partial charge in [0, 0.05) is 18.8 Å². The van der Waals surface area contributed by atoms with Crippen molar-refractivity contribution < 1.29 is 23.1 Å². The fraction of sp³-hybridized carbons (Fsp3) is 0.346. The number of aliphatic hydroxyl groups excluding tert-OH is 1. The average Bonchev–Trinajstić information content (AvgIpc) is 3.19. The minimum absolute atomic E-state index is 0.0567. The molecular weight excluding hydrogens is 535 g/mol. The number of fused-ring (bicyclic) bond motifs is 1. The van der Waals surface area contributed by atoms with E-state index in [1.165, 1.54) is 12.3 Å². The van der Waals surface area contributed by atoms with Gasteiger partial charge in [0.25, 0.3) is 5.91 Å². The van der Waals surface area contributed by atoms with Crippen molar-refractivity contribution >= 4 is 34.7 Å². The summed E-state index contributed by atoms with van der Waals surface area (Å²) in [7, 11) is 0. The number of benzene rings is 1. The summed E-state index contributed by atoms with van der Waals surface area (Å²) in [4.78, 5) is 19.4. The summed E-state index contributed by atoms with van der Waals surface area (Å²) in [6.45, 7) is 0.494. The number of nitrogens with one attached hydrogen (secondary N) is 1. The zero-order valence-electron chi connectivity index (χ0n) is 20.4. The molecule has 0 spiro atoms. The molecule has 0 radical (unpaired) electrons. The maximum Gasteiger partial charge on any atom is 0.434 e. The second kappa shape index (κ2) is 10.7. The van der Waals surface area contributed by atoms with E-state index in [0.717, 1.165) is 18.0 Å². The van der Waals surface area contributed by atoms with E-state index in [-0.39, 0.29) is 28.4 Å². The fourth-order valence-corrected chi connectivity index (χ4v) is 5.33. The first-order valence-electron chi connectivity index (χ1n) is 12.3. The zero-order valence-corrected chi connectivity index (χ0v) is 21.2. The molecule has 0 bridgehead atoms. The number of amides is 1. The summed E-state index contributed by atoms with van der Waals surface area (Å²) in [5.74, 6) is -0.461. The molecule has 1 amide bonds. The van der Waals surface area contributed by atoms with Crippen LogP contribution >= 0.6 is 11.6 Å². The number of aliphatic hydroxyl groups is 1. The van der Waals surface area contributed by atoms with Gasteiger partial charge in [-0.15, -0.1) is 5.10 Å². The average molecular weight is 558 g/mol. The zero-order chi connectivity index (χ0) is 27.7. The Balaban J connectivity index is 1.26. The van der Waals surface area contributed by atoms with Crippen LogP contribution in [0.2, 0.25) is 5.02 Å². The number of nitriles is 1. The monoisotopic (exact) mass is 557 g/mol. The van der Waals surface area contributed by atoms with Crippen molar-refractivity contribution in [1.82, 2.24) is 20.5 Å². The quantitative estimate of drug-likeness (QED) is 0.466. The van der Waals surface area contributed by atoms with Gasteiger partial charge in [0.15, 0.2) is 11.5 Å². The number of aromatic nitrogens is 3. The van der Waals surface area contributed by atoms with Crippen molar-refractivity contribution in [3.05, 3.63) is 70.6 Å². The number of halogens is 4. The van der Waals surface area contributed by atoms with E-state index in [2.05, 4.69) is 26.6 Å². The molecule has 1 aliphatic heterocycles. The van der Waals surface area contributed by atoms with Gasteiger partial charge in [0.05, 0.1) is 33.7 Å². The molecule has 1 aromatic carbocycles. The van der Waals surface area contributed by atoms with Gasteiger partial charge in [0.1, 0.15) is 6.07 Å². The van der Waals surface area contributed by atoms with Crippen molar-refractivity contribution in [1.29, 1.82) is 5.26 Å². The topological polar surface area (TPSA) is 118 Å². The van der Waals surface area contributed by atoms with Crippen molar-refractivity contribution in [3.8, 4) is 6.07 Å². The molecule has 1 unspecified atom stereocenters. The Labute approximate surface area is 226 Å². The molecule has 1 fully saturated rings. The normalized spacial score (nSPS) is 20.9. The molecule has 2 N–H and O–H groups in total. The molecular formula is C26H23ClF3N7O2. The Kier molecular flexibility index (Phi) is 7.29. The Bertz CT molecular complexity index is 1420. The highest BCUT2D eigenvalue weighted by atomic mass is 35.5. The SMILES string of the molecule is N#Cc1ccnnc1N1c2ccccc2N(CC2CCC(NC(=O)c3cc(Cl)cnc3C(F)(F)F)CC2)C1O. The Morgan fingerprint density at radius 1 is 1.18 bits per heavy atom. The minimum Gasteiger partial charge on any atom is -0.356 e. The van der Waals surface area contributed by atoms with Crippen molar-refractivity contribution in [2.45, 2.75) is 44.3 Å². The predicted molar refractivity (Wildman–Crippen MR) is 136 cm³/mol. The van der Waals surface area contributed by atoms with E-state index >= 15 is 0 Å². The highest BCUT2D eigenvalue weighted by molar-refractivity contribution is 6.30. The molecule has 9 nitrogen and oxygen atoms in total. The minimum atomic E-state index is -4.78. The third-order valence-electron chi connectivity index (χ3n) is 7.01. The number of anilines is 3. The lowest BCUT2D eigenvalue weighted by Gasteiger charge is -2.34. The highest BCUT2D eigenvalue weighted by Gasteiger charge is 2.40. The van der Waals surface area contributed by atoms with Crippen LogP contribution in [0.1, 0.15) is 47.3 Å². The first kappa shape index (κ1) is 26.6. The predicted octanol–water partition coefficient (Wildman–Crippen LogP) is 4.64. The molecule has 5 rings (SSSR count). The Hall–Kier alpha value is -3.95. The molecule has 0 saturated heterocycles. The van der Waals surface area contributed by atoms with Gasteiger partial charge in [-0.3, -0.25) is 9.69 Å². The molecule has 202 valence electrons. The number of alkyl halides is 3. The van der Waals surface area contributed by atoms with E-state index in [4.69, 9.17) is 11.6 Å². The number of rotatable bonds is 5. The molecule has 3 aromatic rings. The van der Waals surface area contributed by atoms with Crippen LogP contribution in [0, 0.1) is 17.2 Å². The lowest BCUT2D eigenvalue weighted by atomic mass is 9.85. The molecule has 3 heterocycles. The van der Waals surface area contributed by atoms with Gasteiger partial charge in [-0.2, -0.15) is 23.5 Å². The summed E-state index contributed by atoms with van der Waals surface area (Å²) < 4.78 is 40.0. The first-order valence-corrected chi connectivity index (χ1v) is 12.6. The van der Waals surface area contributed by atoms with Gasteiger partial charge >= 0.3 is 6.18 Å². The van der Waals surface area contributed by atoms with Gasteiger partial charge in [-0.1, -0.05) is 23.7 Å². The summed E-state index contributed by atoms with van der Waals surface area (Å²) >= 11 is 5.81. The fourth-order valence-electron chi connectivity index (χ4n) is 5.17. The van der Waals surface area contributed by atoms with Crippen molar-refractivity contribution in [2.24, 2.45) is 5.92 Å². The molecule has 39 heavy (non-hydrogen) atoms. The first-order chi connectivity index (χ1) is 18.7. The number of nitrogens with zero attached hydrogens (tertiary/aromatic N) is 6. The van der Waals surface area contributed by atoms with Crippen molar-refractivity contribution in [2.75, 3.05) is 16.3 Å². The number of hydrogen-bond acceptors (Lipinski definition) is 8. The largest absolute Gasteiger partial charge is 0.434 e. The molecule has 1 saturated carbocycles. The molecule has 13 heteroatoms. The van der Waals surface area contributed by atoms with Crippen LogP contribution in [0.5, 0.6) is 0 Å². The number of para-hydroxylation sites is 2. The number of carbonyl (C=O) groups excluding carboxylic acids is 1. The van der Waals surface area contributed by atoms with E-state index in [1.54, 1.807) is 4.90 Å². The van der Waals surface area contributed by atoms with Gasteiger partial charge in [-0.05, 0) is 55.9 Å². The van der Waals surface area contributed by atoms with E-state index in [0.29, 0.717) is 37.9 Å². The summed E-state index contributed by atoms with van der Waals surface area (Å²) in [5, 5.41) is 31.4. The molecule has 1 aliphatic carbocycles. The number of pyridine rings is 1. The van der Waals surface area contributed by atoms with Gasteiger partial charge in [-0.25, -0.2) is 4.98 Å². The van der Waals surface area contributed by atoms with Crippen LogP contribution in [0.15, 0.2) is 48.8 Å². The lowest BCUT2D eigenvalue weighted by molar-refractivity contribution is -0.141. The van der Waals surface area contributed by atoms with Gasteiger partial charge < -0.3 is 15.3 Å². The third kappa shape index (κ3) is 5.32. The van der Waals surface area contributed by atoms with E-state index in [1.807, 2.05) is 29.2 Å². The molecule has 1 atom stereocenters. The second-order valence-corrected chi connectivity index (χ2v) is 9.91. The van der Waals surface area contributed by atoms with Crippen LogP contribution in [-0.4, -0.2) is 45.1 Å². The van der Waals surface area contributed by atoms with Crippen molar-refractivity contribution in [3.63, 3.8) is 0 Å². The van der Waals surface area contributed by atoms with Crippen LogP contribution in [0.3, 0.4) is 0 Å². The maximum absolute atomic E-state index is 13.3. The number of carbonyl (C=O) groups is 1. The standard InChI is InChI=1S/C26H23ClF3N7O2/c27-17-11-19(22(32-13-17)26(28,29)30)24(38)34-18-7-5-15(6-8-18)14-36-20-3-1-2-4-21(20)37(25(36)39)23-16(12-31)9-10-33-35-23/h1-4,9-11,13,15,18,25,39H,5-8,14H2,(H,34,38). The summed E-state index contributed by atoms with van der Waals surface area (Å²) in [6.07, 6.45) is -1.12. The smallest absolute Gasteiger partial charge is 0.356 e. The molecule has 2 aliphatic rings. The van der Waals surface area contributed by atoms with Gasteiger partial charge in [0.2, 0.25) is 6.35 Å².